The Morgan fingerprint density at radius 3 is 2.67 bits per heavy atom. The second-order valence-corrected chi connectivity index (χ2v) is 5.76. The third-order valence-corrected chi connectivity index (χ3v) is 4.12. The Labute approximate surface area is 130 Å². The third-order valence-electron chi connectivity index (χ3n) is 3.89. The molecule has 3 aromatic rings. The minimum atomic E-state index is 0.446. The summed E-state index contributed by atoms with van der Waals surface area (Å²) in [5.74, 6) is 1.40. The van der Waals surface area contributed by atoms with Crippen LogP contribution in [-0.4, -0.2) is 9.55 Å². The molecule has 0 N–H and O–H groups in total. The lowest BCUT2D eigenvalue weighted by atomic mass is 10.1. The van der Waals surface area contributed by atoms with Gasteiger partial charge >= 0.3 is 0 Å². The maximum atomic E-state index is 6.08. The zero-order chi connectivity index (χ0) is 14.8. The van der Waals surface area contributed by atoms with Gasteiger partial charge in [-0.2, -0.15) is 0 Å². The van der Waals surface area contributed by atoms with Crippen LogP contribution in [0.25, 0.3) is 11.0 Å². The summed E-state index contributed by atoms with van der Waals surface area (Å²) in [6.45, 7) is 5.13. The van der Waals surface area contributed by atoms with Crippen LogP contribution >= 0.6 is 11.6 Å². The number of imidazole rings is 1. The number of para-hydroxylation sites is 1. The molecule has 0 unspecified atom stereocenters. The number of nitrogens with zero attached hydrogens (tertiary/aromatic N) is 2. The van der Waals surface area contributed by atoms with Gasteiger partial charge in [-0.25, -0.2) is 4.98 Å². The molecule has 0 fully saturated rings. The van der Waals surface area contributed by atoms with E-state index in [4.69, 9.17) is 16.6 Å². The molecular weight excluding hydrogens is 280 g/mol. The molecule has 0 aliphatic carbocycles. The van der Waals surface area contributed by atoms with Crippen LogP contribution in [0.1, 0.15) is 22.5 Å². The normalized spacial score (nSPS) is 11.2. The van der Waals surface area contributed by atoms with Crippen LogP contribution in [0.2, 0.25) is 0 Å². The molecule has 2 aromatic carbocycles. The van der Waals surface area contributed by atoms with Crippen molar-refractivity contribution < 1.29 is 0 Å². The number of hydrogen-bond acceptors (Lipinski definition) is 1. The van der Waals surface area contributed by atoms with Crippen LogP contribution in [0.5, 0.6) is 0 Å². The zero-order valence-electron chi connectivity index (χ0n) is 12.4. The van der Waals surface area contributed by atoms with Crippen LogP contribution in [0.3, 0.4) is 0 Å². The van der Waals surface area contributed by atoms with Crippen molar-refractivity contribution >= 4 is 22.6 Å². The van der Waals surface area contributed by atoms with Crippen molar-refractivity contribution in [1.82, 2.24) is 9.55 Å². The molecule has 0 bridgehead atoms. The van der Waals surface area contributed by atoms with Gasteiger partial charge in [-0.3, -0.25) is 0 Å². The lowest BCUT2D eigenvalue weighted by molar-refractivity contribution is 0.688. The first-order chi connectivity index (χ1) is 10.2. The Bertz CT molecular complexity index is 774. The van der Waals surface area contributed by atoms with Crippen molar-refractivity contribution in [3.63, 3.8) is 0 Å². The van der Waals surface area contributed by atoms with Crippen LogP contribution in [0.15, 0.2) is 42.5 Å². The Kier molecular flexibility index (Phi) is 3.98. The standard InChI is InChI=1S/C18H19ClN2/c1-13-5-3-7-15(11-13)9-10-21-16-8-4-6-14(2)18(16)20-17(21)12-19/h3-8,11H,9-10,12H2,1-2H3. The summed E-state index contributed by atoms with van der Waals surface area (Å²) in [5.41, 5.74) is 6.10. The van der Waals surface area contributed by atoms with Crippen LogP contribution in [-0.2, 0) is 18.8 Å². The van der Waals surface area contributed by atoms with E-state index < -0.39 is 0 Å². The van der Waals surface area contributed by atoms with Gasteiger partial charge in [0.1, 0.15) is 5.82 Å². The molecule has 0 aliphatic heterocycles. The quantitative estimate of drug-likeness (QED) is 0.642. The molecule has 21 heavy (non-hydrogen) atoms. The van der Waals surface area contributed by atoms with E-state index in [1.165, 1.54) is 22.2 Å². The number of hydrogen-bond donors (Lipinski definition) is 0. The monoisotopic (exact) mass is 298 g/mol. The smallest absolute Gasteiger partial charge is 0.124 e. The lowest BCUT2D eigenvalue weighted by Crippen LogP contribution is -2.05. The van der Waals surface area contributed by atoms with Gasteiger partial charge in [-0.15, -0.1) is 11.6 Å². The van der Waals surface area contributed by atoms with Crippen molar-refractivity contribution in [3.8, 4) is 0 Å². The fraction of sp³-hybridized carbons (Fsp3) is 0.278. The average molecular weight is 299 g/mol. The highest BCUT2D eigenvalue weighted by Gasteiger charge is 2.11. The molecule has 0 amide bonds. The molecule has 0 saturated carbocycles. The summed E-state index contributed by atoms with van der Waals surface area (Å²) >= 11 is 6.08. The molecule has 1 heterocycles. The molecule has 0 atom stereocenters. The molecule has 3 rings (SSSR count). The zero-order valence-corrected chi connectivity index (χ0v) is 13.2. The molecule has 1 aromatic heterocycles. The number of aryl methyl sites for hydroxylation is 4. The van der Waals surface area contributed by atoms with Crippen molar-refractivity contribution in [3.05, 3.63) is 65.0 Å². The van der Waals surface area contributed by atoms with Gasteiger partial charge in [0.15, 0.2) is 0 Å². The van der Waals surface area contributed by atoms with Crippen LogP contribution < -0.4 is 0 Å². The number of fused-ring (bicyclic) bond motifs is 1. The maximum absolute atomic E-state index is 6.08. The first kappa shape index (κ1) is 14.2. The van der Waals surface area contributed by atoms with Crippen molar-refractivity contribution in [2.24, 2.45) is 0 Å². The summed E-state index contributed by atoms with van der Waals surface area (Å²) in [6.07, 6.45) is 0.991. The summed E-state index contributed by atoms with van der Waals surface area (Å²) in [7, 11) is 0. The van der Waals surface area contributed by atoms with Crippen LogP contribution in [0.4, 0.5) is 0 Å². The highest BCUT2D eigenvalue weighted by atomic mass is 35.5. The largest absolute Gasteiger partial charge is 0.327 e. The summed E-state index contributed by atoms with van der Waals surface area (Å²) < 4.78 is 2.25. The Morgan fingerprint density at radius 2 is 1.90 bits per heavy atom. The number of rotatable bonds is 4. The molecule has 2 nitrogen and oxygen atoms in total. The van der Waals surface area contributed by atoms with Gasteiger partial charge in [-0.1, -0.05) is 42.0 Å². The van der Waals surface area contributed by atoms with Crippen molar-refractivity contribution in [2.45, 2.75) is 32.7 Å². The van der Waals surface area contributed by atoms with Gasteiger partial charge in [0, 0.05) is 6.54 Å². The van der Waals surface area contributed by atoms with Gasteiger partial charge in [0.05, 0.1) is 16.9 Å². The number of halogens is 1. The third kappa shape index (κ3) is 2.81. The lowest BCUT2D eigenvalue weighted by Gasteiger charge is -2.08. The number of alkyl halides is 1. The van der Waals surface area contributed by atoms with E-state index in [1.54, 1.807) is 0 Å². The van der Waals surface area contributed by atoms with E-state index in [0.29, 0.717) is 5.88 Å². The highest BCUT2D eigenvalue weighted by Crippen LogP contribution is 2.21. The maximum Gasteiger partial charge on any atom is 0.124 e. The number of benzene rings is 2. The Hall–Kier alpha value is -1.80. The van der Waals surface area contributed by atoms with E-state index in [2.05, 4.69) is 60.9 Å². The van der Waals surface area contributed by atoms with Crippen LogP contribution in [0, 0.1) is 13.8 Å². The second kappa shape index (κ2) is 5.90. The molecule has 0 spiro atoms. The Balaban J connectivity index is 1.94. The summed E-state index contributed by atoms with van der Waals surface area (Å²) in [6, 6.07) is 15.0. The molecule has 0 radical (unpaired) electrons. The number of aromatic nitrogens is 2. The van der Waals surface area contributed by atoms with Crippen molar-refractivity contribution in [2.75, 3.05) is 0 Å². The van der Waals surface area contributed by atoms with E-state index in [1.807, 2.05) is 0 Å². The van der Waals surface area contributed by atoms with E-state index in [-0.39, 0.29) is 0 Å². The SMILES string of the molecule is Cc1cccc(CCn2c(CCl)nc3c(C)cccc32)c1. The minimum Gasteiger partial charge on any atom is -0.327 e. The highest BCUT2D eigenvalue weighted by molar-refractivity contribution is 6.16. The summed E-state index contributed by atoms with van der Waals surface area (Å²) in [4.78, 5) is 4.69. The second-order valence-electron chi connectivity index (χ2n) is 5.49. The van der Waals surface area contributed by atoms with Gasteiger partial charge in [-0.05, 0) is 37.5 Å². The van der Waals surface area contributed by atoms with Gasteiger partial charge in [0.25, 0.3) is 0 Å². The van der Waals surface area contributed by atoms with E-state index in [0.717, 1.165) is 24.3 Å². The van der Waals surface area contributed by atoms with E-state index in [9.17, 15) is 0 Å². The minimum absolute atomic E-state index is 0.446. The fourth-order valence-electron chi connectivity index (χ4n) is 2.80. The van der Waals surface area contributed by atoms with Gasteiger partial charge in [0.2, 0.25) is 0 Å². The molecule has 0 aliphatic rings. The first-order valence-electron chi connectivity index (χ1n) is 7.25. The molecular formula is C18H19ClN2. The van der Waals surface area contributed by atoms with Gasteiger partial charge < -0.3 is 4.57 Å². The molecule has 0 saturated heterocycles. The summed E-state index contributed by atoms with van der Waals surface area (Å²) in [5, 5.41) is 0. The molecule has 108 valence electrons. The topological polar surface area (TPSA) is 17.8 Å². The average Bonchev–Trinajstić information content (AvgIpc) is 2.84. The Morgan fingerprint density at radius 1 is 1.10 bits per heavy atom. The molecule has 3 heteroatoms. The predicted octanol–water partition coefficient (Wildman–Crippen LogP) is 4.63. The fourth-order valence-corrected chi connectivity index (χ4v) is 3.00. The van der Waals surface area contributed by atoms with E-state index >= 15 is 0 Å². The first-order valence-corrected chi connectivity index (χ1v) is 7.78. The van der Waals surface area contributed by atoms with Crippen molar-refractivity contribution in [1.29, 1.82) is 0 Å². The predicted molar refractivity (Wildman–Crippen MR) is 88.9 cm³/mol.